The van der Waals surface area contributed by atoms with Gasteiger partial charge in [0.1, 0.15) is 5.75 Å². The minimum absolute atomic E-state index is 0. The van der Waals surface area contributed by atoms with Gasteiger partial charge in [0.25, 0.3) is 0 Å². The summed E-state index contributed by atoms with van der Waals surface area (Å²) in [5.41, 5.74) is 8.70. The van der Waals surface area contributed by atoms with Crippen LogP contribution in [0.2, 0.25) is 0 Å². The Morgan fingerprint density at radius 2 is 1.26 bits per heavy atom. The number of aliphatic hydroxyl groups excluding tert-OH is 2. The van der Waals surface area contributed by atoms with Gasteiger partial charge in [0.05, 0.1) is 30.7 Å². The molecule has 1 aromatic heterocycles. The van der Waals surface area contributed by atoms with Crippen molar-refractivity contribution in [3.8, 4) is 28.1 Å². The van der Waals surface area contributed by atoms with Gasteiger partial charge in [-0.2, -0.15) is 0 Å². The Labute approximate surface area is 289 Å². The fourth-order valence-corrected chi connectivity index (χ4v) is 6.36. The molecule has 2 N–H and O–H groups in total. The van der Waals surface area contributed by atoms with Crippen molar-refractivity contribution in [2.45, 2.75) is 72.0 Å². The Bertz CT molecular complexity index is 1470. The molecule has 3 aromatic carbocycles. The molecule has 0 amide bonds. The zero-order valence-electron chi connectivity index (χ0n) is 28.3. The average Bonchev–Trinajstić information content (AvgIpc) is 3.08. The van der Waals surface area contributed by atoms with E-state index < -0.39 is 0 Å². The van der Waals surface area contributed by atoms with Crippen molar-refractivity contribution in [2.24, 2.45) is 11.8 Å². The van der Waals surface area contributed by atoms with Gasteiger partial charge in [-0.25, -0.2) is 0 Å². The number of hydrogen-bond acceptors (Lipinski definition) is 6. The first-order chi connectivity index (χ1) is 21.8. The number of para-hydroxylation sites is 2. The molecule has 0 fully saturated rings. The third-order valence-electron chi connectivity index (χ3n) is 9.36. The molecule has 1 aliphatic heterocycles. The Morgan fingerprint density at radius 3 is 1.76 bits per heavy atom. The number of ether oxygens (including phenoxy) is 1. The number of fused-ring (bicyclic) bond motifs is 2. The van der Waals surface area contributed by atoms with Crippen molar-refractivity contribution in [3.05, 3.63) is 85.1 Å². The molecule has 2 heterocycles. The number of methoxy groups -OCH3 is 1. The van der Waals surface area contributed by atoms with Crippen LogP contribution in [0, 0.1) is 17.9 Å². The molecule has 0 spiro atoms. The second-order valence-corrected chi connectivity index (χ2v) is 11.9. The Hall–Kier alpha value is -3.22. The fraction of sp³-hybridized carbons (Fsp3) is 0.410. The van der Waals surface area contributed by atoms with Gasteiger partial charge in [0.2, 0.25) is 0 Å². The number of benzene rings is 3. The Balaban J connectivity index is 0.000000309. The molecule has 6 nitrogen and oxygen atoms in total. The average molecular weight is 801 g/mol. The van der Waals surface area contributed by atoms with Crippen molar-refractivity contribution in [3.63, 3.8) is 0 Å². The maximum atomic E-state index is 9.96. The zero-order valence-corrected chi connectivity index (χ0v) is 30.7. The minimum atomic E-state index is -0.337. The number of anilines is 4. The standard InChI is InChI=1S/C26H22N3O.C13H28O2.Ir/c1-28-23-8-4-5-9-24(23)29(2)26-21(7-6-10-25(26)28)22-16-13-19(17-27-22)18-11-14-20(30-3)15-12-18;1-5-10(6-2)12(14)9-13(15)11(7-3)8-4;/h4-6,8-17H,1-3H3;10-15H,5-9H2,1-4H3;/q-1;;. The van der Waals surface area contributed by atoms with E-state index in [9.17, 15) is 10.2 Å². The molecule has 2 unspecified atom stereocenters. The largest absolute Gasteiger partial charge is 0.497 e. The third-order valence-corrected chi connectivity index (χ3v) is 9.36. The smallest absolute Gasteiger partial charge is 0.118 e. The summed E-state index contributed by atoms with van der Waals surface area (Å²) >= 11 is 0. The first kappa shape index (κ1) is 37.2. The number of hydrogen-bond donors (Lipinski definition) is 2. The summed E-state index contributed by atoms with van der Waals surface area (Å²) in [5.74, 6) is 1.53. The maximum absolute atomic E-state index is 9.96. The number of aromatic nitrogens is 1. The van der Waals surface area contributed by atoms with Crippen LogP contribution in [0.15, 0.2) is 79.0 Å². The quantitative estimate of drug-likeness (QED) is 0.148. The second-order valence-electron chi connectivity index (χ2n) is 11.9. The Morgan fingerprint density at radius 1 is 0.717 bits per heavy atom. The van der Waals surface area contributed by atoms with Crippen LogP contribution in [-0.4, -0.2) is 48.6 Å². The van der Waals surface area contributed by atoms with Gasteiger partial charge in [-0.15, -0.1) is 18.2 Å². The van der Waals surface area contributed by atoms with Crippen LogP contribution in [0.1, 0.15) is 59.8 Å². The van der Waals surface area contributed by atoms with Gasteiger partial charge in [0.15, 0.2) is 0 Å². The normalized spacial score (nSPS) is 13.3. The third kappa shape index (κ3) is 8.37. The summed E-state index contributed by atoms with van der Waals surface area (Å²) in [6, 6.07) is 28.1. The predicted molar refractivity (Wildman–Crippen MR) is 188 cm³/mol. The van der Waals surface area contributed by atoms with E-state index in [-0.39, 0.29) is 32.3 Å². The Kier molecular flexibility index (Phi) is 14.3. The van der Waals surface area contributed by atoms with E-state index in [2.05, 4.69) is 100 Å². The molecule has 46 heavy (non-hydrogen) atoms. The van der Waals surface area contributed by atoms with Crippen LogP contribution in [0.4, 0.5) is 22.7 Å². The maximum Gasteiger partial charge on any atom is 0.118 e. The van der Waals surface area contributed by atoms with E-state index in [0.717, 1.165) is 65.2 Å². The molecule has 0 aliphatic carbocycles. The van der Waals surface area contributed by atoms with Gasteiger partial charge >= 0.3 is 0 Å². The van der Waals surface area contributed by atoms with Crippen molar-refractivity contribution < 1.29 is 35.1 Å². The molecule has 2 atom stereocenters. The summed E-state index contributed by atoms with van der Waals surface area (Å²) < 4.78 is 5.25. The first-order valence-electron chi connectivity index (χ1n) is 16.4. The zero-order chi connectivity index (χ0) is 32.5. The molecular weight excluding hydrogens is 751 g/mol. The van der Waals surface area contributed by atoms with Crippen molar-refractivity contribution in [1.29, 1.82) is 0 Å². The van der Waals surface area contributed by atoms with Crippen LogP contribution in [0.25, 0.3) is 22.4 Å². The van der Waals surface area contributed by atoms with Gasteiger partial charge in [-0.05, 0) is 70.7 Å². The van der Waals surface area contributed by atoms with Crippen molar-refractivity contribution in [2.75, 3.05) is 31.0 Å². The monoisotopic (exact) mass is 801 g/mol. The number of pyridine rings is 1. The van der Waals surface area contributed by atoms with Crippen LogP contribution in [-0.2, 0) is 20.1 Å². The summed E-state index contributed by atoms with van der Waals surface area (Å²) in [4.78, 5) is 9.25. The molecular formula is C39H50IrN3O3-. The van der Waals surface area contributed by atoms with Crippen molar-refractivity contribution >= 4 is 22.7 Å². The summed E-state index contributed by atoms with van der Waals surface area (Å²) in [6.07, 6.45) is 5.76. The van der Waals surface area contributed by atoms with E-state index in [4.69, 9.17) is 9.72 Å². The molecule has 0 saturated carbocycles. The van der Waals surface area contributed by atoms with Gasteiger partial charge in [-0.1, -0.05) is 95.3 Å². The minimum Gasteiger partial charge on any atom is -0.497 e. The van der Waals surface area contributed by atoms with E-state index in [0.29, 0.717) is 18.3 Å². The molecule has 249 valence electrons. The van der Waals surface area contributed by atoms with Crippen LogP contribution in [0.3, 0.4) is 0 Å². The van der Waals surface area contributed by atoms with E-state index in [1.165, 1.54) is 11.4 Å². The second kappa shape index (κ2) is 17.6. The van der Waals surface area contributed by atoms with Crippen LogP contribution >= 0.6 is 0 Å². The molecule has 4 aromatic rings. The number of rotatable bonds is 11. The summed E-state index contributed by atoms with van der Waals surface area (Å²) in [6.45, 7) is 8.39. The number of aliphatic hydroxyl groups is 2. The van der Waals surface area contributed by atoms with Crippen LogP contribution < -0.4 is 14.5 Å². The molecule has 5 rings (SSSR count). The summed E-state index contributed by atoms with van der Waals surface area (Å²) in [7, 11) is 5.89. The predicted octanol–water partition coefficient (Wildman–Crippen LogP) is 9.04. The first-order valence-corrected chi connectivity index (χ1v) is 16.4. The topological polar surface area (TPSA) is 69.1 Å². The molecule has 0 saturated heterocycles. The van der Waals surface area contributed by atoms with E-state index in [1.54, 1.807) is 7.11 Å². The molecule has 1 aliphatic rings. The number of nitrogens with zero attached hydrogens (tertiary/aromatic N) is 3. The van der Waals surface area contributed by atoms with Gasteiger partial charge in [-0.3, -0.25) is 0 Å². The summed E-state index contributed by atoms with van der Waals surface area (Å²) in [5, 5.41) is 19.9. The molecule has 1 radical (unpaired) electrons. The fourth-order valence-electron chi connectivity index (χ4n) is 6.36. The molecule has 0 bridgehead atoms. The van der Waals surface area contributed by atoms with E-state index >= 15 is 0 Å². The van der Waals surface area contributed by atoms with Gasteiger partial charge in [0, 0.05) is 40.4 Å². The molecule has 7 heteroatoms. The van der Waals surface area contributed by atoms with Crippen molar-refractivity contribution in [1.82, 2.24) is 4.98 Å². The SMILES string of the molecule is CCC(CC)C(O)CC(O)C(CC)CC.COc1ccc(-c2ccc(-c3[c-]ccc4c3N(C)c3ccccc3N4C)nc2)cc1.[Ir]. The van der Waals surface area contributed by atoms with Crippen LogP contribution in [0.5, 0.6) is 5.75 Å². The van der Waals surface area contributed by atoms with Gasteiger partial charge < -0.3 is 29.7 Å². The van der Waals surface area contributed by atoms with E-state index in [1.807, 2.05) is 36.5 Å².